The lowest BCUT2D eigenvalue weighted by atomic mass is 9.90. The van der Waals surface area contributed by atoms with Crippen LogP contribution >= 0.6 is 0 Å². The van der Waals surface area contributed by atoms with Gasteiger partial charge in [0, 0.05) is 26.2 Å². The van der Waals surface area contributed by atoms with Crippen molar-refractivity contribution in [1.29, 1.82) is 0 Å². The maximum atomic E-state index is 3.62. The first-order chi connectivity index (χ1) is 44.6. The van der Waals surface area contributed by atoms with E-state index < -0.39 is 0 Å². The minimum atomic E-state index is 0.968. The molecule has 3 heteroatoms. The van der Waals surface area contributed by atoms with Crippen molar-refractivity contribution in [2.45, 2.75) is 394 Å². The monoisotopic (exact) mass is 1250 g/mol. The van der Waals surface area contributed by atoms with Gasteiger partial charge in [-0.25, -0.2) is 0 Å². The third-order valence-electron chi connectivity index (χ3n) is 19.1. The molecule has 1 heterocycles. The Morgan fingerprint density at radius 3 is 0.800 bits per heavy atom. The van der Waals surface area contributed by atoms with Crippen LogP contribution in [0.4, 0.5) is 0 Å². The Hall–Kier alpha value is -2.20. The smallest absolute Gasteiger partial charge is 0.0110 e. The van der Waals surface area contributed by atoms with Crippen molar-refractivity contribution in [2.24, 2.45) is 11.8 Å². The molecule has 0 aromatic heterocycles. The van der Waals surface area contributed by atoms with Crippen LogP contribution in [0, 0.1) is 11.8 Å². The van der Waals surface area contributed by atoms with E-state index in [2.05, 4.69) is 154 Å². The molecule has 0 spiro atoms. The third-order valence-corrected chi connectivity index (χ3v) is 19.1. The summed E-state index contributed by atoms with van der Waals surface area (Å²) in [4.78, 5) is 5.20. The van der Waals surface area contributed by atoms with E-state index >= 15 is 0 Å². The fraction of sp³-hybridized carbons (Fsp3) is 0.816. The summed E-state index contributed by atoms with van der Waals surface area (Å²) in [5, 5.41) is 3.62. The zero-order valence-corrected chi connectivity index (χ0v) is 62.3. The highest BCUT2D eigenvalue weighted by Gasteiger charge is 2.15. The van der Waals surface area contributed by atoms with Gasteiger partial charge in [-0.1, -0.05) is 337 Å². The highest BCUT2D eigenvalue weighted by molar-refractivity contribution is 4.95. The average molecular weight is 1250 g/mol. The Bertz CT molecular complexity index is 1520. The molecule has 0 saturated carbocycles. The van der Waals surface area contributed by atoms with Gasteiger partial charge in [-0.05, 0) is 193 Å². The van der Waals surface area contributed by atoms with Gasteiger partial charge >= 0.3 is 0 Å². The first-order valence-electron chi connectivity index (χ1n) is 40.9. The number of allylic oxidation sites excluding steroid dienone is 16. The number of unbranched alkanes of at least 4 members (excludes halogenated alkanes) is 35. The van der Waals surface area contributed by atoms with Crippen LogP contribution in [0.1, 0.15) is 394 Å². The van der Waals surface area contributed by atoms with Gasteiger partial charge in [-0.2, -0.15) is 0 Å². The van der Waals surface area contributed by atoms with E-state index in [1.54, 1.807) is 0 Å². The lowest BCUT2D eigenvalue weighted by Gasteiger charge is -2.32. The summed E-state index contributed by atoms with van der Waals surface area (Å²) in [6.45, 7) is 20.2. The molecule has 0 aliphatic carbocycles. The van der Waals surface area contributed by atoms with Crippen LogP contribution in [-0.4, -0.2) is 62.7 Å². The fourth-order valence-corrected chi connectivity index (χ4v) is 12.9. The Labute approximate surface area is 568 Å². The van der Waals surface area contributed by atoms with Crippen LogP contribution in [0.15, 0.2) is 97.2 Å². The molecule has 0 aromatic carbocycles. The Morgan fingerprint density at radius 1 is 0.244 bits per heavy atom. The minimum absolute atomic E-state index is 0.968. The summed E-state index contributed by atoms with van der Waals surface area (Å²) in [7, 11) is 2.27. The van der Waals surface area contributed by atoms with Gasteiger partial charge in [0.15, 0.2) is 0 Å². The van der Waals surface area contributed by atoms with E-state index in [9.17, 15) is 0 Å². The predicted octanol–water partition coefficient (Wildman–Crippen LogP) is 28.4. The van der Waals surface area contributed by atoms with Crippen molar-refractivity contribution in [3.05, 3.63) is 97.2 Å². The normalized spacial score (nSPS) is 14.2. The number of nitrogens with one attached hydrogen (secondary N) is 1. The van der Waals surface area contributed by atoms with Crippen LogP contribution in [0.3, 0.4) is 0 Å². The van der Waals surface area contributed by atoms with Gasteiger partial charge in [-0.3, -0.25) is 0 Å². The molecular weight excluding hydrogens is 1090 g/mol. The molecule has 0 bridgehead atoms. The van der Waals surface area contributed by atoms with Crippen molar-refractivity contribution in [2.75, 3.05) is 52.9 Å². The minimum Gasteiger partial charge on any atom is -0.317 e. The zero-order valence-electron chi connectivity index (χ0n) is 62.3. The molecule has 1 fully saturated rings. The van der Waals surface area contributed by atoms with Crippen molar-refractivity contribution >= 4 is 0 Å². The zero-order chi connectivity index (χ0) is 64.9. The second-order valence-electron chi connectivity index (χ2n) is 28.0. The maximum Gasteiger partial charge on any atom is 0.0110 e. The maximum absolute atomic E-state index is 3.62. The molecule has 0 radical (unpaired) electrons. The van der Waals surface area contributed by atoms with Crippen molar-refractivity contribution < 1.29 is 0 Å². The van der Waals surface area contributed by atoms with Crippen LogP contribution in [0.25, 0.3) is 0 Å². The Balaban J connectivity index is 0.00000176. The molecular formula is C87H163N3. The van der Waals surface area contributed by atoms with E-state index in [-0.39, 0.29) is 0 Å². The number of hydrogen-bond acceptors (Lipinski definition) is 3. The molecule has 1 saturated heterocycles. The molecule has 0 aromatic rings. The summed E-state index contributed by atoms with van der Waals surface area (Å²) in [5.74, 6) is 1.94. The standard InChI is InChI=1S/C44H82N2.C43H81N/c1-4-6-8-10-12-14-16-18-20-22-24-26-28-30-32-34-37-44(38-35-39-46-42-40-45(3)41-43-46)36-33-31-29-27-25-23-21-19-17-15-13-11-9-7-5-2;1-4-7-9-11-13-15-17-19-21-23-25-27-29-31-33-35-38-43(40-37-42-44-41-6-3)39-36-34-32-30-28-26-24-22-20-18-16-14-12-10-8-5-2/h11-14,17-20,44H,4-10,15-16,21-43H2,1-3H3;13-16,19-22,43-44H,4-12,17-18,23-42H2,1-3H3/b13-11-,14-12-,19-17-,20-18-;15-13-,16-14-,21-19-,22-20-. The lowest BCUT2D eigenvalue weighted by molar-refractivity contribution is 0.149. The Kier molecular flexibility index (Phi) is 77.3. The summed E-state index contributed by atoms with van der Waals surface area (Å²) in [6, 6.07) is 0. The summed E-state index contributed by atoms with van der Waals surface area (Å²) >= 11 is 0. The quantitative estimate of drug-likeness (QED) is 0.0484. The molecule has 1 aliphatic heterocycles. The van der Waals surface area contributed by atoms with Crippen LogP contribution < -0.4 is 5.32 Å². The predicted molar refractivity (Wildman–Crippen MR) is 414 cm³/mol. The van der Waals surface area contributed by atoms with Crippen LogP contribution in [0.5, 0.6) is 0 Å². The third kappa shape index (κ3) is 73.2. The van der Waals surface area contributed by atoms with Crippen molar-refractivity contribution in [3.63, 3.8) is 0 Å². The number of nitrogens with zero attached hydrogens (tertiary/aromatic N) is 2. The summed E-state index contributed by atoms with van der Waals surface area (Å²) in [6.07, 6.45) is 114. The van der Waals surface area contributed by atoms with Crippen LogP contribution in [-0.2, 0) is 0 Å². The number of hydrogen-bond donors (Lipinski definition) is 1. The average Bonchev–Trinajstić information content (AvgIpc) is 3.67. The summed E-state index contributed by atoms with van der Waals surface area (Å²) in [5.41, 5.74) is 0. The van der Waals surface area contributed by atoms with E-state index in [1.807, 2.05) is 0 Å². The number of likely N-dealkylation sites (N-methyl/N-ethyl adjacent to an activating group) is 1. The highest BCUT2D eigenvalue weighted by Crippen LogP contribution is 2.26. The molecule has 1 rings (SSSR count). The van der Waals surface area contributed by atoms with Gasteiger partial charge in [-0.15, -0.1) is 0 Å². The van der Waals surface area contributed by atoms with E-state index in [0.717, 1.165) is 37.5 Å². The molecule has 1 aliphatic rings. The molecule has 1 unspecified atom stereocenters. The number of piperazine rings is 1. The molecule has 1 N–H and O–H groups in total. The van der Waals surface area contributed by atoms with Crippen LogP contribution in [0.2, 0.25) is 0 Å². The van der Waals surface area contributed by atoms with Gasteiger partial charge < -0.3 is 15.1 Å². The second kappa shape index (κ2) is 79.2. The van der Waals surface area contributed by atoms with E-state index in [0.29, 0.717) is 0 Å². The molecule has 0 amide bonds. The van der Waals surface area contributed by atoms with Crippen molar-refractivity contribution in [1.82, 2.24) is 15.1 Å². The van der Waals surface area contributed by atoms with Crippen molar-refractivity contribution in [3.8, 4) is 0 Å². The molecule has 1 atom stereocenters. The second-order valence-corrected chi connectivity index (χ2v) is 28.0. The Morgan fingerprint density at radius 2 is 0.500 bits per heavy atom. The lowest BCUT2D eigenvalue weighted by Crippen LogP contribution is -2.44. The molecule has 90 heavy (non-hydrogen) atoms. The topological polar surface area (TPSA) is 18.5 Å². The SMILES string of the molecule is CCCC/C=C\C/C=C\CCCCCCCCC(CCCCCCCC/C=C\C/C=C\CCCCC)CCCN1CCN(C)CC1.CCCCC/C=C\C/C=C\CCCCCCCCC(CCCCCCCC/C=C\C/C=C\CCCCC)CCCNCCC. The molecule has 526 valence electrons. The number of rotatable bonds is 69. The summed E-state index contributed by atoms with van der Waals surface area (Å²) < 4.78 is 0. The van der Waals surface area contributed by atoms with E-state index in [4.69, 9.17) is 0 Å². The first-order valence-corrected chi connectivity index (χ1v) is 40.9. The fourth-order valence-electron chi connectivity index (χ4n) is 12.9. The van der Waals surface area contributed by atoms with E-state index in [1.165, 1.54) is 380 Å². The highest BCUT2D eigenvalue weighted by atomic mass is 15.2. The van der Waals surface area contributed by atoms with Gasteiger partial charge in [0.25, 0.3) is 0 Å². The molecule has 3 nitrogen and oxygen atoms in total. The van der Waals surface area contributed by atoms with Gasteiger partial charge in [0.05, 0.1) is 0 Å². The first kappa shape index (κ1) is 87.8. The van der Waals surface area contributed by atoms with Gasteiger partial charge in [0.2, 0.25) is 0 Å². The largest absolute Gasteiger partial charge is 0.317 e. The van der Waals surface area contributed by atoms with Gasteiger partial charge in [0.1, 0.15) is 0 Å².